The first-order valence-corrected chi connectivity index (χ1v) is 10.5. The van der Waals surface area contributed by atoms with Crippen LogP contribution in [0.4, 0.5) is 0 Å². The molecule has 0 amide bonds. The molecule has 0 aromatic carbocycles. The molecular weight excluding hydrogens is 300 g/mol. The van der Waals surface area contributed by atoms with Crippen LogP contribution in [0.3, 0.4) is 0 Å². The van der Waals surface area contributed by atoms with Crippen molar-refractivity contribution in [2.45, 2.75) is 103 Å². The van der Waals surface area contributed by atoms with Crippen molar-refractivity contribution in [2.75, 3.05) is 6.61 Å². The molecule has 0 spiro atoms. The van der Waals surface area contributed by atoms with Gasteiger partial charge in [0, 0.05) is 6.61 Å². The van der Waals surface area contributed by atoms with Gasteiger partial charge in [-0.3, -0.25) is 4.79 Å². The standard InChI is InChI=1S/C21H38O3/c1-3-5-6-7-17-8-10-18(11-9-17)21(20(22)23)14-12-19(13-15-21)24-16-4-2/h17-19H,3-16H2,1-2H3,(H,22,23). The zero-order valence-corrected chi connectivity index (χ0v) is 15.9. The highest BCUT2D eigenvalue weighted by Crippen LogP contribution is 2.50. The molecule has 1 N–H and O–H groups in total. The highest BCUT2D eigenvalue weighted by Gasteiger charge is 2.48. The van der Waals surface area contributed by atoms with Crippen molar-refractivity contribution < 1.29 is 14.6 Å². The molecule has 2 aliphatic rings. The number of carbonyl (C=O) groups is 1. The van der Waals surface area contributed by atoms with Crippen molar-refractivity contribution in [2.24, 2.45) is 17.3 Å². The number of hydrogen-bond acceptors (Lipinski definition) is 2. The Morgan fingerprint density at radius 1 is 1.00 bits per heavy atom. The normalized spacial score (nSPS) is 34.2. The summed E-state index contributed by atoms with van der Waals surface area (Å²) < 4.78 is 5.87. The number of ether oxygens (including phenoxy) is 1. The van der Waals surface area contributed by atoms with E-state index in [0.717, 1.165) is 57.5 Å². The monoisotopic (exact) mass is 338 g/mol. The molecule has 3 nitrogen and oxygen atoms in total. The lowest BCUT2D eigenvalue weighted by Crippen LogP contribution is -2.44. The second-order valence-electron chi connectivity index (χ2n) is 8.24. The van der Waals surface area contributed by atoms with Gasteiger partial charge in [-0.1, -0.05) is 52.4 Å². The van der Waals surface area contributed by atoms with E-state index in [9.17, 15) is 9.90 Å². The first kappa shape index (κ1) is 19.8. The van der Waals surface area contributed by atoms with E-state index < -0.39 is 11.4 Å². The van der Waals surface area contributed by atoms with Gasteiger partial charge >= 0.3 is 5.97 Å². The largest absolute Gasteiger partial charge is 0.481 e. The van der Waals surface area contributed by atoms with E-state index in [1.54, 1.807) is 0 Å². The van der Waals surface area contributed by atoms with Crippen LogP contribution in [0.5, 0.6) is 0 Å². The van der Waals surface area contributed by atoms with Gasteiger partial charge in [-0.2, -0.15) is 0 Å². The predicted molar refractivity (Wildman–Crippen MR) is 98.2 cm³/mol. The van der Waals surface area contributed by atoms with Crippen molar-refractivity contribution in [3.8, 4) is 0 Å². The summed E-state index contributed by atoms with van der Waals surface area (Å²) in [6.45, 7) is 5.20. The SMILES string of the molecule is CCCCCC1CCC(C2(C(=O)O)CCC(OCCC)CC2)CC1. The van der Waals surface area contributed by atoms with E-state index in [4.69, 9.17) is 4.74 Å². The summed E-state index contributed by atoms with van der Waals surface area (Å²) in [4.78, 5) is 12.1. The molecule has 0 unspecified atom stereocenters. The Hall–Kier alpha value is -0.570. The molecule has 0 saturated heterocycles. The van der Waals surface area contributed by atoms with E-state index in [1.807, 2.05) is 0 Å². The number of unbranched alkanes of at least 4 members (excludes halogenated alkanes) is 2. The average molecular weight is 339 g/mol. The first-order chi connectivity index (χ1) is 11.6. The molecule has 0 heterocycles. The van der Waals surface area contributed by atoms with Crippen LogP contribution in [0.2, 0.25) is 0 Å². The zero-order chi connectivity index (χ0) is 17.4. The maximum absolute atomic E-state index is 12.1. The fourth-order valence-electron chi connectivity index (χ4n) is 5.04. The summed E-state index contributed by atoms with van der Waals surface area (Å²) in [5.41, 5.74) is -0.458. The first-order valence-electron chi connectivity index (χ1n) is 10.5. The third-order valence-corrected chi connectivity index (χ3v) is 6.65. The molecule has 24 heavy (non-hydrogen) atoms. The lowest BCUT2D eigenvalue weighted by molar-refractivity contribution is -0.159. The lowest BCUT2D eigenvalue weighted by Gasteiger charge is -2.45. The van der Waals surface area contributed by atoms with E-state index in [0.29, 0.717) is 12.0 Å². The summed E-state index contributed by atoms with van der Waals surface area (Å²) >= 11 is 0. The minimum absolute atomic E-state index is 0.294. The van der Waals surface area contributed by atoms with Gasteiger partial charge in [0.15, 0.2) is 0 Å². The summed E-state index contributed by atoms with van der Waals surface area (Å²) in [5, 5.41) is 10.0. The number of hydrogen-bond donors (Lipinski definition) is 1. The van der Waals surface area contributed by atoms with Crippen molar-refractivity contribution in [3.05, 3.63) is 0 Å². The van der Waals surface area contributed by atoms with Crippen LogP contribution in [-0.4, -0.2) is 23.8 Å². The van der Waals surface area contributed by atoms with Crippen molar-refractivity contribution in [3.63, 3.8) is 0 Å². The molecule has 0 bridgehead atoms. The van der Waals surface area contributed by atoms with Crippen LogP contribution >= 0.6 is 0 Å². The maximum atomic E-state index is 12.1. The molecule has 0 aromatic heterocycles. The van der Waals surface area contributed by atoms with Crippen molar-refractivity contribution >= 4 is 5.97 Å². The zero-order valence-electron chi connectivity index (χ0n) is 15.9. The summed E-state index contributed by atoms with van der Waals surface area (Å²) in [6, 6.07) is 0. The predicted octanol–water partition coefficient (Wildman–Crippen LogP) is 5.81. The van der Waals surface area contributed by atoms with Crippen LogP contribution in [0.25, 0.3) is 0 Å². The number of carboxylic acid groups (broad SMARTS) is 1. The number of rotatable bonds is 9. The fourth-order valence-corrected chi connectivity index (χ4v) is 5.04. The molecule has 2 aliphatic carbocycles. The van der Waals surface area contributed by atoms with Crippen LogP contribution in [0, 0.1) is 17.3 Å². The van der Waals surface area contributed by atoms with Crippen LogP contribution in [0.1, 0.15) is 97.3 Å². The molecule has 0 aromatic rings. The van der Waals surface area contributed by atoms with E-state index in [-0.39, 0.29) is 0 Å². The van der Waals surface area contributed by atoms with E-state index >= 15 is 0 Å². The molecule has 0 atom stereocenters. The minimum atomic E-state index is -0.536. The van der Waals surface area contributed by atoms with Gasteiger partial charge < -0.3 is 9.84 Å². The molecular formula is C21H38O3. The average Bonchev–Trinajstić information content (AvgIpc) is 2.61. The van der Waals surface area contributed by atoms with E-state index in [2.05, 4.69) is 13.8 Å². The minimum Gasteiger partial charge on any atom is -0.481 e. The third kappa shape index (κ3) is 4.97. The number of carboxylic acids is 1. The topological polar surface area (TPSA) is 46.5 Å². The maximum Gasteiger partial charge on any atom is 0.309 e. The Bertz CT molecular complexity index is 363. The van der Waals surface area contributed by atoms with Gasteiger partial charge in [-0.15, -0.1) is 0 Å². The van der Waals surface area contributed by atoms with Gasteiger partial charge in [-0.25, -0.2) is 0 Å². The van der Waals surface area contributed by atoms with Crippen LogP contribution in [-0.2, 0) is 9.53 Å². The highest BCUT2D eigenvalue weighted by atomic mass is 16.5. The Labute approximate surface area is 148 Å². The smallest absolute Gasteiger partial charge is 0.309 e. The Balaban J connectivity index is 1.85. The molecule has 3 heteroatoms. The molecule has 0 radical (unpaired) electrons. The third-order valence-electron chi connectivity index (χ3n) is 6.65. The van der Waals surface area contributed by atoms with E-state index in [1.165, 1.54) is 38.5 Å². The molecule has 2 rings (SSSR count). The molecule has 140 valence electrons. The van der Waals surface area contributed by atoms with Crippen LogP contribution in [0.15, 0.2) is 0 Å². The second kappa shape index (κ2) is 9.79. The summed E-state index contributed by atoms with van der Waals surface area (Å²) in [5.74, 6) is 0.707. The summed E-state index contributed by atoms with van der Waals surface area (Å²) in [7, 11) is 0. The van der Waals surface area contributed by atoms with Gasteiger partial charge in [0.25, 0.3) is 0 Å². The Morgan fingerprint density at radius 2 is 1.67 bits per heavy atom. The fraction of sp³-hybridized carbons (Fsp3) is 0.952. The molecule has 2 saturated carbocycles. The quantitative estimate of drug-likeness (QED) is 0.539. The lowest BCUT2D eigenvalue weighted by atomic mass is 9.60. The Kier molecular flexibility index (Phi) is 8.06. The molecule has 0 aliphatic heterocycles. The number of aliphatic carboxylic acids is 1. The van der Waals surface area contributed by atoms with Crippen molar-refractivity contribution in [1.29, 1.82) is 0 Å². The second-order valence-corrected chi connectivity index (χ2v) is 8.24. The van der Waals surface area contributed by atoms with Crippen LogP contribution < -0.4 is 0 Å². The van der Waals surface area contributed by atoms with Gasteiger partial charge in [0.1, 0.15) is 0 Å². The van der Waals surface area contributed by atoms with Gasteiger partial charge in [0.05, 0.1) is 11.5 Å². The van der Waals surface area contributed by atoms with Gasteiger partial charge in [0.2, 0.25) is 0 Å². The Morgan fingerprint density at radius 3 is 2.21 bits per heavy atom. The summed E-state index contributed by atoms with van der Waals surface area (Å²) in [6.07, 6.45) is 14.9. The van der Waals surface area contributed by atoms with Gasteiger partial charge in [-0.05, 0) is 56.8 Å². The molecule has 2 fully saturated rings. The van der Waals surface area contributed by atoms with Crippen molar-refractivity contribution in [1.82, 2.24) is 0 Å². The highest BCUT2D eigenvalue weighted by molar-refractivity contribution is 5.75.